The van der Waals surface area contributed by atoms with Crippen LogP contribution in [-0.2, 0) is 6.54 Å². The zero-order chi connectivity index (χ0) is 24.0. The average Bonchev–Trinajstić information content (AvgIpc) is 2.83. The van der Waals surface area contributed by atoms with E-state index in [9.17, 15) is 10.2 Å². The molecular weight excluding hydrogens is 422 g/mol. The number of aliphatic hydroxyl groups is 2. The maximum Gasteiger partial charge on any atom is 0.120 e. The standard InChI is InChI=1S/C30H43NO3/c1-28(2,3)24-7-10-25(11-8-24)34-26-9-6-22-16-21(4-5-23(22)17-26)19-31-30-14-12-29(20-32,13-15-30)27(33)18-30/h4-6,9,16-17,24-25,27,31-33H,7-8,10-15,18-20H2,1-3H3. The molecule has 186 valence electrons. The van der Waals surface area contributed by atoms with Gasteiger partial charge in [0.05, 0.1) is 18.8 Å². The predicted octanol–water partition coefficient (Wildman–Crippen LogP) is 5.97. The molecule has 1 unspecified atom stereocenters. The van der Waals surface area contributed by atoms with E-state index in [-0.39, 0.29) is 17.6 Å². The Balaban J connectivity index is 1.19. The van der Waals surface area contributed by atoms with Gasteiger partial charge in [0.25, 0.3) is 0 Å². The number of benzene rings is 2. The summed E-state index contributed by atoms with van der Waals surface area (Å²) < 4.78 is 6.39. The molecule has 0 radical (unpaired) electrons. The summed E-state index contributed by atoms with van der Waals surface area (Å²) in [5, 5.41) is 26.7. The van der Waals surface area contributed by atoms with Gasteiger partial charge in [0.1, 0.15) is 5.75 Å². The highest BCUT2D eigenvalue weighted by atomic mass is 16.5. The highest BCUT2D eigenvalue weighted by molar-refractivity contribution is 5.84. The molecule has 2 aromatic carbocycles. The Morgan fingerprint density at radius 2 is 1.62 bits per heavy atom. The van der Waals surface area contributed by atoms with Gasteiger partial charge in [0, 0.05) is 17.5 Å². The number of ether oxygens (including phenoxy) is 1. The van der Waals surface area contributed by atoms with Crippen molar-refractivity contribution in [1.29, 1.82) is 0 Å². The Labute approximate surface area is 205 Å². The van der Waals surface area contributed by atoms with Crippen LogP contribution in [0.5, 0.6) is 5.75 Å². The second-order valence-corrected chi connectivity index (χ2v) is 12.7. The molecule has 0 amide bonds. The number of aliphatic hydroxyl groups excluding tert-OH is 2. The summed E-state index contributed by atoms with van der Waals surface area (Å²) in [6.45, 7) is 8.01. The van der Waals surface area contributed by atoms with Crippen molar-refractivity contribution in [2.75, 3.05) is 6.61 Å². The molecule has 2 aromatic rings. The summed E-state index contributed by atoms with van der Waals surface area (Å²) >= 11 is 0. The van der Waals surface area contributed by atoms with Gasteiger partial charge in [-0.3, -0.25) is 0 Å². The van der Waals surface area contributed by atoms with Gasteiger partial charge in [0.15, 0.2) is 0 Å². The molecule has 6 rings (SSSR count). The third kappa shape index (κ3) is 4.74. The maximum atomic E-state index is 10.6. The minimum Gasteiger partial charge on any atom is -0.490 e. The third-order valence-electron chi connectivity index (χ3n) is 9.55. The molecule has 34 heavy (non-hydrogen) atoms. The molecule has 4 fully saturated rings. The van der Waals surface area contributed by atoms with Crippen molar-refractivity contribution in [2.45, 2.75) is 103 Å². The summed E-state index contributed by atoms with van der Waals surface area (Å²) in [6.07, 6.45) is 9.42. The topological polar surface area (TPSA) is 61.7 Å². The van der Waals surface area contributed by atoms with E-state index in [1.807, 2.05) is 0 Å². The molecule has 4 saturated carbocycles. The van der Waals surface area contributed by atoms with Crippen LogP contribution in [0.4, 0.5) is 0 Å². The molecule has 3 N–H and O–H groups in total. The zero-order valence-corrected chi connectivity index (χ0v) is 21.3. The minimum absolute atomic E-state index is 0.00891. The molecule has 4 aliphatic rings. The summed E-state index contributed by atoms with van der Waals surface area (Å²) in [5.41, 5.74) is 1.43. The Morgan fingerprint density at radius 3 is 2.26 bits per heavy atom. The highest BCUT2D eigenvalue weighted by Crippen LogP contribution is 2.52. The number of nitrogens with one attached hydrogen (secondary N) is 1. The number of fused-ring (bicyclic) bond motifs is 4. The lowest BCUT2D eigenvalue weighted by Crippen LogP contribution is -2.61. The van der Waals surface area contributed by atoms with E-state index in [4.69, 9.17) is 4.74 Å². The van der Waals surface area contributed by atoms with Gasteiger partial charge in [-0.2, -0.15) is 0 Å². The first-order valence-electron chi connectivity index (χ1n) is 13.4. The lowest BCUT2D eigenvalue weighted by molar-refractivity contribution is -0.118. The lowest BCUT2D eigenvalue weighted by Gasteiger charge is -2.56. The van der Waals surface area contributed by atoms with Crippen molar-refractivity contribution in [2.24, 2.45) is 16.7 Å². The van der Waals surface area contributed by atoms with E-state index >= 15 is 0 Å². The van der Waals surface area contributed by atoms with Crippen molar-refractivity contribution in [1.82, 2.24) is 5.32 Å². The van der Waals surface area contributed by atoms with Crippen LogP contribution in [0.2, 0.25) is 0 Å². The van der Waals surface area contributed by atoms with Crippen LogP contribution >= 0.6 is 0 Å². The van der Waals surface area contributed by atoms with Crippen LogP contribution in [0.3, 0.4) is 0 Å². The van der Waals surface area contributed by atoms with E-state index in [1.54, 1.807) is 0 Å². The fourth-order valence-corrected chi connectivity index (χ4v) is 6.85. The monoisotopic (exact) mass is 465 g/mol. The molecule has 4 aliphatic carbocycles. The van der Waals surface area contributed by atoms with Crippen molar-refractivity contribution >= 4 is 10.8 Å². The molecule has 0 spiro atoms. The van der Waals surface area contributed by atoms with Crippen LogP contribution in [0.1, 0.15) is 84.1 Å². The normalized spacial score (nSPS) is 33.9. The molecule has 4 heteroatoms. The smallest absolute Gasteiger partial charge is 0.120 e. The van der Waals surface area contributed by atoms with Gasteiger partial charge in [-0.05, 0) is 104 Å². The number of rotatable bonds is 6. The summed E-state index contributed by atoms with van der Waals surface area (Å²) in [5.74, 6) is 1.79. The SMILES string of the molecule is CC(C)(C)C1CCC(Oc2ccc3cc(CNC45CCC(CO)(CC4)C(O)C5)ccc3c2)CC1. The van der Waals surface area contributed by atoms with E-state index in [0.717, 1.165) is 63.2 Å². The summed E-state index contributed by atoms with van der Waals surface area (Å²) in [4.78, 5) is 0. The average molecular weight is 466 g/mol. The Hall–Kier alpha value is -1.62. The maximum absolute atomic E-state index is 10.6. The van der Waals surface area contributed by atoms with Crippen LogP contribution < -0.4 is 10.1 Å². The fourth-order valence-electron chi connectivity index (χ4n) is 6.85. The first kappa shape index (κ1) is 24.1. The Morgan fingerprint density at radius 1 is 0.941 bits per heavy atom. The Bertz CT molecular complexity index is 994. The first-order chi connectivity index (χ1) is 16.2. The molecule has 2 bridgehead atoms. The van der Waals surface area contributed by atoms with Gasteiger partial charge in [-0.15, -0.1) is 0 Å². The van der Waals surface area contributed by atoms with Gasteiger partial charge < -0.3 is 20.3 Å². The Kier molecular flexibility index (Phi) is 6.46. The van der Waals surface area contributed by atoms with Crippen molar-refractivity contribution in [3.63, 3.8) is 0 Å². The highest BCUT2D eigenvalue weighted by Gasteiger charge is 2.53. The van der Waals surface area contributed by atoms with Crippen molar-refractivity contribution < 1.29 is 14.9 Å². The number of hydrogen-bond acceptors (Lipinski definition) is 4. The van der Waals surface area contributed by atoms with E-state index in [1.165, 1.54) is 29.2 Å². The second-order valence-electron chi connectivity index (χ2n) is 12.7. The molecule has 0 aromatic heterocycles. The molecule has 0 saturated heterocycles. The molecule has 4 nitrogen and oxygen atoms in total. The van der Waals surface area contributed by atoms with E-state index < -0.39 is 6.10 Å². The molecule has 1 atom stereocenters. The van der Waals surface area contributed by atoms with Gasteiger partial charge in [-0.1, -0.05) is 39.0 Å². The first-order valence-corrected chi connectivity index (χ1v) is 13.4. The number of hydrogen-bond donors (Lipinski definition) is 3. The van der Waals surface area contributed by atoms with E-state index in [2.05, 4.69) is 62.5 Å². The second kappa shape index (κ2) is 9.11. The quantitative estimate of drug-likeness (QED) is 0.492. The van der Waals surface area contributed by atoms with Crippen LogP contribution in [0, 0.1) is 16.7 Å². The van der Waals surface area contributed by atoms with Crippen LogP contribution in [0.15, 0.2) is 36.4 Å². The van der Waals surface area contributed by atoms with Gasteiger partial charge in [-0.25, -0.2) is 0 Å². The molecule has 0 heterocycles. The molecule has 0 aliphatic heterocycles. The summed E-state index contributed by atoms with van der Waals surface area (Å²) in [7, 11) is 0. The van der Waals surface area contributed by atoms with Crippen molar-refractivity contribution in [3.8, 4) is 5.75 Å². The minimum atomic E-state index is -0.397. The van der Waals surface area contributed by atoms with Crippen LogP contribution in [-0.4, -0.2) is 34.6 Å². The van der Waals surface area contributed by atoms with Crippen LogP contribution in [0.25, 0.3) is 10.8 Å². The van der Waals surface area contributed by atoms with Gasteiger partial charge in [0.2, 0.25) is 0 Å². The van der Waals surface area contributed by atoms with E-state index in [0.29, 0.717) is 11.5 Å². The third-order valence-corrected chi connectivity index (χ3v) is 9.55. The largest absolute Gasteiger partial charge is 0.490 e. The van der Waals surface area contributed by atoms with Gasteiger partial charge >= 0.3 is 0 Å². The fraction of sp³-hybridized carbons (Fsp3) is 0.667. The van der Waals surface area contributed by atoms with Crippen molar-refractivity contribution in [3.05, 3.63) is 42.0 Å². The lowest BCUT2D eigenvalue weighted by atomic mass is 9.56. The molecular formula is C30H43NO3. The summed E-state index contributed by atoms with van der Waals surface area (Å²) in [6, 6.07) is 13.2. The zero-order valence-electron chi connectivity index (χ0n) is 21.3. The predicted molar refractivity (Wildman–Crippen MR) is 138 cm³/mol.